The number of piperazine rings is 1. The molecule has 1 saturated heterocycles. The van der Waals surface area contributed by atoms with Crippen LogP contribution in [0.5, 0.6) is 0 Å². The Kier molecular flexibility index (Phi) is 4.80. The van der Waals surface area contributed by atoms with E-state index in [0.29, 0.717) is 5.91 Å². The van der Waals surface area contributed by atoms with Crippen LogP contribution in [0, 0.1) is 23.2 Å². The molecule has 6 nitrogen and oxygen atoms in total. The summed E-state index contributed by atoms with van der Waals surface area (Å²) >= 11 is 0. The van der Waals surface area contributed by atoms with Gasteiger partial charge in [-0.3, -0.25) is 9.69 Å². The number of carbonyl (C=O) groups is 1. The van der Waals surface area contributed by atoms with Gasteiger partial charge in [-0.25, -0.2) is 9.97 Å². The highest BCUT2D eigenvalue weighted by atomic mass is 16.2. The first-order valence-electron chi connectivity index (χ1n) is 11.5. The second-order valence-electron chi connectivity index (χ2n) is 10.8. The zero-order valence-corrected chi connectivity index (χ0v) is 17.9. The molecule has 6 heteroatoms. The van der Waals surface area contributed by atoms with Crippen LogP contribution in [0.1, 0.15) is 52.4 Å². The Balaban J connectivity index is 1.16. The highest BCUT2D eigenvalue weighted by Crippen LogP contribution is 2.60. The molecule has 29 heavy (non-hydrogen) atoms. The number of nitrogens with one attached hydrogen (secondary N) is 1. The van der Waals surface area contributed by atoms with Crippen LogP contribution in [-0.4, -0.2) is 59.0 Å². The average molecular weight is 398 g/mol. The van der Waals surface area contributed by atoms with Crippen LogP contribution in [-0.2, 0) is 4.79 Å². The molecule has 5 fully saturated rings. The standard InChI is InChI=1S/C23H35N5O/c1-22(2,16-27-6-8-28(9-7-27)21-24-4-3-5-25-21)26-20(29)23-13-17-10-18(14-23)12-19(11-17)15-23/h3-5,17-19H,6-16H2,1-2H3,(H,26,29). The molecule has 5 aliphatic rings. The van der Waals surface area contributed by atoms with Gasteiger partial charge in [0.05, 0.1) is 0 Å². The maximum Gasteiger partial charge on any atom is 0.226 e. The molecular formula is C23H35N5O. The van der Waals surface area contributed by atoms with E-state index in [-0.39, 0.29) is 11.0 Å². The van der Waals surface area contributed by atoms with Crippen LogP contribution in [0.2, 0.25) is 0 Å². The predicted octanol–water partition coefficient (Wildman–Crippen LogP) is 2.71. The van der Waals surface area contributed by atoms with Crippen molar-refractivity contribution >= 4 is 11.9 Å². The lowest BCUT2D eigenvalue weighted by molar-refractivity contribution is -0.148. The third-order valence-electron chi connectivity index (χ3n) is 7.80. The summed E-state index contributed by atoms with van der Waals surface area (Å²) in [7, 11) is 0. The summed E-state index contributed by atoms with van der Waals surface area (Å²) in [4.78, 5) is 26.9. The average Bonchev–Trinajstić information content (AvgIpc) is 2.67. The second kappa shape index (κ2) is 7.22. The van der Waals surface area contributed by atoms with E-state index < -0.39 is 0 Å². The maximum atomic E-state index is 13.4. The van der Waals surface area contributed by atoms with Crippen molar-refractivity contribution in [2.45, 2.75) is 57.9 Å². The van der Waals surface area contributed by atoms with Crippen molar-refractivity contribution < 1.29 is 4.79 Å². The van der Waals surface area contributed by atoms with Crippen LogP contribution >= 0.6 is 0 Å². The third kappa shape index (κ3) is 3.88. The van der Waals surface area contributed by atoms with E-state index in [1.54, 1.807) is 12.4 Å². The van der Waals surface area contributed by atoms with Gasteiger partial charge in [-0.1, -0.05) is 0 Å². The first-order valence-corrected chi connectivity index (χ1v) is 11.5. The molecule has 4 bridgehead atoms. The number of nitrogens with zero attached hydrogens (tertiary/aromatic N) is 4. The van der Waals surface area contributed by atoms with Crippen molar-refractivity contribution in [2.75, 3.05) is 37.6 Å². The summed E-state index contributed by atoms with van der Waals surface area (Å²) in [5.74, 6) is 3.59. The lowest BCUT2D eigenvalue weighted by Crippen LogP contribution is -2.61. The number of aromatic nitrogens is 2. The zero-order chi connectivity index (χ0) is 20.1. The number of anilines is 1. The highest BCUT2D eigenvalue weighted by Gasteiger charge is 2.55. The summed E-state index contributed by atoms with van der Waals surface area (Å²) in [6.45, 7) is 9.11. The molecule has 4 saturated carbocycles. The molecule has 1 amide bonds. The molecule has 1 aromatic heterocycles. The van der Waals surface area contributed by atoms with Gasteiger partial charge in [-0.15, -0.1) is 0 Å². The number of amides is 1. The summed E-state index contributed by atoms with van der Waals surface area (Å²) in [6.07, 6.45) is 11.2. The van der Waals surface area contributed by atoms with Gasteiger partial charge >= 0.3 is 0 Å². The molecule has 0 radical (unpaired) electrons. The van der Waals surface area contributed by atoms with E-state index in [2.05, 4.69) is 38.9 Å². The first kappa shape index (κ1) is 19.3. The Morgan fingerprint density at radius 3 is 2.14 bits per heavy atom. The van der Waals surface area contributed by atoms with Gasteiger partial charge in [0.2, 0.25) is 11.9 Å². The number of carbonyl (C=O) groups excluding carboxylic acids is 1. The van der Waals surface area contributed by atoms with E-state index in [0.717, 1.165) is 75.7 Å². The molecular weight excluding hydrogens is 362 g/mol. The number of hydrogen-bond donors (Lipinski definition) is 1. The zero-order valence-electron chi connectivity index (χ0n) is 17.9. The molecule has 1 aromatic rings. The minimum atomic E-state index is -0.203. The molecule has 158 valence electrons. The fourth-order valence-corrected chi connectivity index (χ4v) is 6.99. The van der Waals surface area contributed by atoms with E-state index >= 15 is 0 Å². The summed E-state index contributed by atoms with van der Waals surface area (Å²) in [6, 6.07) is 1.86. The fourth-order valence-electron chi connectivity index (χ4n) is 6.99. The lowest BCUT2D eigenvalue weighted by atomic mass is 9.49. The van der Waals surface area contributed by atoms with E-state index in [4.69, 9.17) is 0 Å². The van der Waals surface area contributed by atoms with Crippen molar-refractivity contribution in [2.24, 2.45) is 23.2 Å². The minimum absolute atomic E-state index is 0.0602. The van der Waals surface area contributed by atoms with Gasteiger partial charge in [0, 0.05) is 56.1 Å². The Morgan fingerprint density at radius 1 is 1.03 bits per heavy atom. The topological polar surface area (TPSA) is 61.4 Å². The van der Waals surface area contributed by atoms with Crippen LogP contribution < -0.4 is 10.2 Å². The second-order valence-corrected chi connectivity index (χ2v) is 10.8. The van der Waals surface area contributed by atoms with E-state index in [1.165, 1.54) is 19.3 Å². The molecule has 1 aliphatic heterocycles. The molecule has 0 unspecified atom stereocenters. The lowest BCUT2D eigenvalue weighted by Gasteiger charge is -2.56. The van der Waals surface area contributed by atoms with Gasteiger partial charge < -0.3 is 10.2 Å². The van der Waals surface area contributed by atoms with E-state index in [9.17, 15) is 4.79 Å². The van der Waals surface area contributed by atoms with Crippen molar-refractivity contribution in [1.82, 2.24) is 20.2 Å². The predicted molar refractivity (Wildman–Crippen MR) is 114 cm³/mol. The quantitative estimate of drug-likeness (QED) is 0.828. The molecule has 2 heterocycles. The molecule has 1 N–H and O–H groups in total. The van der Waals surface area contributed by atoms with Crippen molar-refractivity contribution in [3.63, 3.8) is 0 Å². The summed E-state index contributed by atoms with van der Waals surface area (Å²) in [5.41, 5.74) is -0.263. The molecule has 6 rings (SSSR count). The molecule has 0 atom stereocenters. The van der Waals surface area contributed by atoms with E-state index in [1.807, 2.05) is 6.07 Å². The SMILES string of the molecule is CC(C)(CN1CCN(c2ncccn2)CC1)NC(=O)C12CC3CC(CC(C3)C1)C2. The number of rotatable bonds is 5. The van der Waals surface area contributed by atoms with Gasteiger partial charge in [0.1, 0.15) is 0 Å². The first-order chi connectivity index (χ1) is 13.9. The Hall–Kier alpha value is -1.69. The van der Waals surface area contributed by atoms with Crippen LogP contribution in [0.25, 0.3) is 0 Å². The Labute approximate surface area is 174 Å². The van der Waals surface area contributed by atoms with Gasteiger partial charge in [0.25, 0.3) is 0 Å². The summed E-state index contributed by atoms with van der Waals surface area (Å²) < 4.78 is 0. The Morgan fingerprint density at radius 2 is 1.59 bits per heavy atom. The maximum absolute atomic E-state index is 13.4. The molecule has 0 aromatic carbocycles. The normalized spacial score (nSPS) is 34.4. The van der Waals surface area contributed by atoms with Gasteiger partial charge in [-0.05, 0) is 76.2 Å². The minimum Gasteiger partial charge on any atom is -0.349 e. The molecule has 0 spiro atoms. The van der Waals surface area contributed by atoms with Gasteiger partial charge in [0.15, 0.2) is 0 Å². The van der Waals surface area contributed by atoms with Crippen molar-refractivity contribution in [3.8, 4) is 0 Å². The van der Waals surface area contributed by atoms with Crippen LogP contribution in [0.3, 0.4) is 0 Å². The number of hydrogen-bond acceptors (Lipinski definition) is 5. The highest BCUT2D eigenvalue weighted by molar-refractivity contribution is 5.83. The fraction of sp³-hybridized carbons (Fsp3) is 0.783. The largest absolute Gasteiger partial charge is 0.349 e. The van der Waals surface area contributed by atoms with Crippen LogP contribution in [0.15, 0.2) is 18.5 Å². The van der Waals surface area contributed by atoms with Crippen molar-refractivity contribution in [1.29, 1.82) is 0 Å². The molecule has 4 aliphatic carbocycles. The van der Waals surface area contributed by atoms with Gasteiger partial charge in [-0.2, -0.15) is 0 Å². The van der Waals surface area contributed by atoms with Crippen molar-refractivity contribution in [3.05, 3.63) is 18.5 Å². The van der Waals surface area contributed by atoms with Crippen LogP contribution in [0.4, 0.5) is 5.95 Å². The third-order valence-corrected chi connectivity index (χ3v) is 7.80. The monoisotopic (exact) mass is 397 g/mol. The smallest absolute Gasteiger partial charge is 0.226 e. The summed E-state index contributed by atoms with van der Waals surface area (Å²) in [5, 5.41) is 3.48. The Bertz CT molecular complexity index is 706.